The molecule has 0 saturated heterocycles. The second-order valence-corrected chi connectivity index (χ2v) is 4.38. The van der Waals surface area contributed by atoms with E-state index in [1.165, 1.54) is 0 Å². The van der Waals surface area contributed by atoms with Gasteiger partial charge in [-0.05, 0) is 36.8 Å². The Morgan fingerprint density at radius 1 is 1.16 bits per heavy atom. The van der Waals surface area contributed by atoms with Gasteiger partial charge in [0.25, 0.3) is 0 Å². The lowest BCUT2D eigenvalue weighted by molar-refractivity contribution is 0.830. The maximum atomic E-state index is 9.13. The molecule has 19 heavy (non-hydrogen) atoms. The zero-order chi connectivity index (χ0) is 13.7. The molecule has 0 atom stereocenters. The Morgan fingerprint density at radius 3 is 2.63 bits per heavy atom. The summed E-state index contributed by atoms with van der Waals surface area (Å²) < 4.78 is 0. The second-order valence-electron chi connectivity index (χ2n) is 4.38. The number of hydrogen-bond donors (Lipinski definition) is 1. The lowest BCUT2D eigenvalue weighted by Gasteiger charge is -2.24. The van der Waals surface area contributed by atoms with Gasteiger partial charge in [0.15, 0.2) is 0 Å². The van der Waals surface area contributed by atoms with Crippen molar-refractivity contribution < 1.29 is 0 Å². The Balaban J connectivity index is 2.27. The van der Waals surface area contributed by atoms with Crippen molar-refractivity contribution in [3.8, 4) is 6.07 Å². The number of nitrogens with zero attached hydrogens (tertiary/aromatic N) is 2. The molecule has 2 aromatic rings. The number of nitrogen functional groups attached to an aromatic ring is 1. The maximum absolute atomic E-state index is 9.13. The molecule has 0 aliphatic heterocycles. The average molecular weight is 251 g/mol. The molecule has 0 aliphatic carbocycles. The number of anilines is 2. The summed E-state index contributed by atoms with van der Waals surface area (Å²) in [5.41, 5.74) is 9.42. The summed E-state index contributed by atoms with van der Waals surface area (Å²) in [5, 5.41) is 9.13. The monoisotopic (exact) mass is 251 g/mol. The number of hydrogen-bond acceptors (Lipinski definition) is 3. The van der Waals surface area contributed by atoms with Gasteiger partial charge in [-0.15, -0.1) is 0 Å². The van der Waals surface area contributed by atoms with Crippen molar-refractivity contribution in [2.75, 3.05) is 17.2 Å². The fourth-order valence-corrected chi connectivity index (χ4v) is 2.08. The fraction of sp³-hybridized carbons (Fsp3) is 0.188. The van der Waals surface area contributed by atoms with Crippen LogP contribution in [0.3, 0.4) is 0 Å². The Kier molecular flexibility index (Phi) is 4.04. The predicted molar refractivity (Wildman–Crippen MR) is 78.7 cm³/mol. The summed E-state index contributed by atoms with van der Waals surface area (Å²) in [6, 6.07) is 17.7. The molecule has 0 heterocycles. The highest BCUT2D eigenvalue weighted by atomic mass is 15.1. The first-order valence-corrected chi connectivity index (χ1v) is 6.33. The van der Waals surface area contributed by atoms with Crippen LogP contribution in [-0.4, -0.2) is 6.54 Å². The van der Waals surface area contributed by atoms with Crippen LogP contribution in [0, 0.1) is 11.3 Å². The molecule has 0 unspecified atom stereocenters. The maximum Gasteiger partial charge on any atom is 0.0995 e. The first-order valence-electron chi connectivity index (χ1n) is 6.33. The molecule has 0 aromatic heterocycles. The van der Waals surface area contributed by atoms with E-state index >= 15 is 0 Å². The number of nitriles is 1. The molecule has 0 bridgehead atoms. The molecular formula is C16H17N3. The minimum absolute atomic E-state index is 0.712. The molecule has 3 nitrogen and oxygen atoms in total. The molecule has 0 spiro atoms. The Bertz CT molecular complexity index is 599. The van der Waals surface area contributed by atoms with Crippen LogP contribution in [0.15, 0.2) is 48.5 Å². The van der Waals surface area contributed by atoms with E-state index < -0.39 is 0 Å². The summed E-state index contributed by atoms with van der Waals surface area (Å²) in [6.07, 6.45) is 0. The van der Waals surface area contributed by atoms with Crippen molar-refractivity contribution in [2.45, 2.75) is 13.5 Å². The molecule has 0 saturated carbocycles. The zero-order valence-corrected chi connectivity index (χ0v) is 11.0. The lowest BCUT2D eigenvalue weighted by Crippen LogP contribution is -2.22. The van der Waals surface area contributed by atoms with Gasteiger partial charge in [0.2, 0.25) is 0 Å². The summed E-state index contributed by atoms with van der Waals surface area (Å²) in [7, 11) is 0. The molecule has 0 aliphatic rings. The normalized spacial score (nSPS) is 9.89. The van der Waals surface area contributed by atoms with E-state index in [2.05, 4.69) is 17.9 Å². The summed E-state index contributed by atoms with van der Waals surface area (Å²) >= 11 is 0. The molecule has 96 valence electrons. The van der Waals surface area contributed by atoms with Crippen LogP contribution in [0.2, 0.25) is 0 Å². The predicted octanol–water partition coefficient (Wildman–Crippen LogP) is 3.17. The van der Waals surface area contributed by atoms with Gasteiger partial charge in [-0.1, -0.05) is 24.3 Å². The van der Waals surface area contributed by atoms with Crippen molar-refractivity contribution in [3.05, 3.63) is 59.7 Å². The van der Waals surface area contributed by atoms with Crippen molar-refractivity contribution in [2.24, 2.45) is 0 Å². The van der Waals surface area contributed by atoms with Gasteiger partial charge in [-0.25, -0.2) is 0 Å². The van der Waals surface area contributed by atoms with Crippen LogP contribution in [0.25, 0.3) is 0 Å². The quantitative estimate of drug-likeness (QED) is 0.849. The van der Waals surface area contributed by atoms with E-state index in [9.17, 15) is 0 Å². The molecule has 2 N–H and O–H groups in total. The SMILES string of the molecule is CCN(Cc1ccccc1C#N)c1cccc(N)c1. The zero-order valence-electron chi connectivity index (χ0n) is 11.0. The third-order valence-corrected chi connectivity index (χ3v) is 3.12. The standard InChI is InChI=1S/C16H17N3/c1-2-19(16-9-5-8-15(18)10-16)12-14-7-4-3-6-13(14)11-17/h3-10H,2,12,18H2,1H3. The van der Waals surface area contributed by atoms with Crippen LogP contribution >= 0.6 is 0 Å². The van der Waals surface area contributed by atoms with Crippen LogP contribution in [0.5, 0.6) is 0 Å². The highest BCUT2D eigenvalue weighted by Gasteiger charge is 2.08. The smallest absolute Gasteiger partial charge is 0.0995 e. The van der Waals surface area contributed by atoms with E-state index in [0.717, 1.165) is 29.0 Å². The second kappa shape index (κ2) is 5.92. The van der Waals surface area contributed by atoms with E-state index in [1.807, 2.05) is 48.5 Å². The Morgan fingerprint density at radius 2 is 1.95 bits per heavy atom. The third-order valence-electron chi connectivity index (χ3n) is 3.12. The first-order chi connectivity index (χ1) is 9.24. The molecule has 3 heteroatoms. The largest absolute Gasteiger partial charge is 0.399 e. The summed E-state index contributed by atoms with van der Waals surface area (Å²) in [6.45, 7) is 3.67. The third kappa shape index (κ3) is 3.05. The molecule has 0 radical (unpaired) electrons. The topological polar surface area (TPSA) is 53.0 Å². The Hall–Kier alpha value is -2.47. The minimum atomic E-state index is 0.712. The van der Waals surface area contributed by atoms with Crippen molar-refractivity contribution in [1.29, 1.82) is 5.26 Å². The van der Waals surface area contributed by atoms with E-state index in [-0.39, 0.29) is 0 Å². The van der Waals surface area contributed by atoms with E-state index in [4.69, 9.17) is 11.0 Å². The van der Waals surface area contributed by atoms with Gasteiger partial charge in [-0.3, -0.25) is 0 Å². The number of benzene rings is 2. The van der Waals surface area contributed by atoms with Crippen molar-refractivity contribution >= 4 is 11.4 Å². The molecule has 0 amide bonds. The molecular weight excluding hydrogens is 234 g/mol. The van der Waals surface area contributed by atoms with Crippen molar-refractivity contribution in [3.63, 3.8) is 0 Å². The van der Waals surface area contributed by atoms with Gasteiger partial charge < -0.3 is 10.6 Å². The first kappa shape index (κ1) is 13.0. The van der Waals surface area contributed by atoms with Crippen LogP contribution in [0.4, 0.5) is 11.4 Å². The van der Waals surface area contributed by atoms with Gasteiger partial charge in [0.1, 0.15) is 0 Å². The molecule has 0 fully saturated rings. The Labute approximate surface area is 113 Å². The summed E-state index contributed by atoms with van der Waals surface area (Å²) in [4.78, 5) is 2.20. The minimum Gasteiger partial charge on any atom is -0.399 e. The van der Waals surface area contributed by atoms with Crippen LogP contribution in [-0.2, 0) is 6.54 Å². The fourth-order valence-electron chi connectivity index (χ4n) is 2.08. The van der Waals surface area contributed by atoms with Crippen LogP contribution in [0.1, 0.15) is 18.1 Å². The average Bonchev–Trinajstić information content (AvgIpc) is 2.45. The van der Waals surface area contributed by atoms with Gasteiger partial charge in [0, 0.05) is 24.5 Å². The van der Waals surface area contributed by atoms with E-state index in [0.29, 0.717) is 6.54 Å². The van der Waals surface area contributed by atoms with Gasteiger partial charge in [-0.2, -0.15) is 5.26 Å². The number of nitrogens with two attached hydrogens (primary N) is 1. The van der Waals surface area contributed by atoms with Gasteiger partial charge in [0.05, 0.1) is 11.6 Å². The van der Waals surface area contributed by atoms with Gasteiger partial charge >= 0.3 is 0 Å². The lowest BCUT2D eigenvalue weighted by atomic mass is 10.1. The highest BCUT2D eigenvalue weighted by Crippen LogP contribution is 2.20. The summed E-state index contributed by atoms with van der Waals surface area (Å²) in [5.74, 6) is 0. The molecule has 2 aromatic carbocycles. The molecule has 2 rings (SSSR count). The van der Waals surface area contributed by atoms with Crippen LogP contribution < -0.4 is 10.6 Å². The highest BCUT2D eigenvalue weighted by molar-refractivity contribution is 5.56. The van der Waals surface area contributed by atoms with Crippen molar-refractivity contribution in [1.82, 2.24) is 0 Å². The number of rotatable bonds is 4. The van der Waals surface area contributed by atoms with E-state index in [1.54, 1.807) is 0 Å².